The third-order valence-electron chi connectivity index (χ3n) is 2.07. The molecule has 0 saturated carbocycles. The molecule has 6 heteroatoms. The average Bonchev–Trinajstić information content (AvgIpc) is 2.16. The molecule has 0 aliphatic carbocycles. The van der Waals surface area contributed by atoms with E-state index >= 15 is 0 Å². The number of nitrogens with zero attached hydrogens (tertiary/aromatic N) is 2. The van der Waals surface area contributed by atoms with Gasteiger partial charge in [-0.05, 0) is 18.1 Å². The summed E-state index contributed by atoms with van der Waals surface area (Å²) < 4.78 is 0. The Kier molecular flexibility index (Phi) is 3.20. The highest BCUT2D eigenvalue weighted by atomic mass is 16.6. The smallest absolute Gasteiger partial charge is 0.307 e. The van der Waals surface area contributed by atoms with E-state index in [1.807, 2.05) is 6.07 Å². The van der Waals surface area contributed by atoms with Gasteiger partial charge in [-0.1, -0.05) is 0 Å². The SMILES string of the molecule is Cc1cc([N+](=O)[O-])cc(CC(=O)O)c1C#N. The normalized spacial score (nSPS) is 9.50. The molecule has 0 radical (unpaired) electrons. The Hall–Kier alpha value is -2.42. The van der Waals surface area contributed by atoms with E-state index < -0.39 is 17.3 Å². The van der Waals surface area contributed by atoms with E-state index in [0.29, 0.717) is 5.56 Å². The van der Waals surface area contributed by atoms with Crippen LogP contribution in [-0.4, -0.2) is 16.0 Å². The van der Waals surface area contributed by atoms with E-state index in [1.165, 1.54) is 13.0 Å². The minimum Gasteiger partial charge on any atom is -0.481 e. The van der Waals surface area contributed by atoms with Crippen molar-refractivity contribution in [1.29, 1.82) is 5.26 Å². The van der Waals surface area contributed by atoms with Crippen LogP contribution >= 0.6 is 0 Å². The van der Waals surface area contributed by atoms with Crippen molar-refractivity contribution in [2.45, 2.75) is 13.3 Å². The van der Waals surface area contributed by atoms with Crippen LogP contribution in [0.1, 0.15) is 16.7 Å². The van der Waals surface area contributed by atoms with Gasteiger partial charge in [0.1, 0.15) is 0 Å². The highest BCUT2D eigenvalue weighted by molar-refractivity contribution is 5.72. The molecule has 0 aliphatic heterocycles. The molecular formula is C10H8N2O4. The van der Waals surface area contributed by atoms with Crippen LogP contribution in [0.25, 0.3) is 0 Å². The number of nitriles is 1. The summed E-state index contributed by atoms with van der Waals surface area (Å²) in [5, 5.41) is 28.0. The first-order valence-electron chi connectivity index (χ1n) is 4.35. The Morgan fingerprint density at radius 3 is 2.69 bits per heavy atom. The van der Waals surface area contributed by atoms with Crippen molar-refractivity contribution in [3.63, 3.8) is 0 Å². The number of nitro benzene ring substituents is 1. The Morgan fingerprint density at radius 1 is 1.62 bits per heavy atom. The summed E-state index contributed by atoms with van der Waals surface area (Å²) >= 11 is 0. The molecule has 0 unspecified atom stereocenters. The molecule has 6 nitrogen and oxygen atoms in total. The summed E-state index contributed by atoms with van der Waals surface area (Å²) in [6.07, 6.45) is -0.397. The fraction of sp³-hybridized carbons (Fsp3) is 0.200. The van der Waals surface area contributed by atoms with Crippen molar-refractivity contribution >= 4 is 11.7 Å². The zero-order chi connectivity index (χ0) is 12.3. The first-order valence-corrected chi connectivity index (χ1v) is 4.35. The van der Waals surface area contributed by atoms with Gasteiger partial charge in [0.25, 0.3) is 5.69 Å². The largest absolute Gasteiger partial charge is 0.481 e. The maximum absolute atomic E-state index is 10.6. The molecule has 0 heterocycles. The first-order chi connectivity index (χ1) is 7.45. The highest BCUT2D eigenvalue weighted by Crippen LogP contribution is 2.22. The van der Waals surface area contributed by atoms with Crippen molar-refractivity contribution in [3.05, 3.63) is 38.9 Å². The number of hydrogen-bond acceptors (Lipinski definition) is 4. The standard InChI is InChI=1S/C10H8N2O4/c1-6-2-8(12(15)16)3-7(4-10(13)14)9(6)5-11/h2-3H,4H2,1H3,(H,13,14). The molecule has 0 fully saturated rings. The van der Waals surface area contributed by atoms with Gasteiger partial charge in [-0.25, -0.2) is 0 Å². The minimum absolute atomic E-state index is 0.168. The molecule has 0 spiro atoms. The van der Waals surface area contributed by atoms with E-state index in [0.717, 1.165) is 6.07 Å². The van der Waals surface area contributed by atoms with Gasteiger partial charge in [-0.3, -0.25) is 14.9 Å². The summed E-state index contributed by atoms with van der Waals surface area (Å²) in [4.78, 5) is 20.5. The molecule has 1 N–H and O–H groups in total. The van der Waals surface area contributed by atoms with Gasteiger partial charge in [0.2, 0.25) is 0 Å². The van der Waals surface area contributed by atoms with Crippen LogP contribution in [0.15, 0.2) is 12.1 Å². The minimum atomic E-state index is -1.13. The van der Waals surface area contributed by atoms with Crippen molar-refractivity contribution in [2.24, 2.45) is 0 Å². The highest BCUT2D eigenvalue weighted by Gasteiger charge is 2.15. The number of rotatable bonds is 3. The van der Waals surface area contributed by atoms with Crippen LogP contribution in [0.2, 0.25) is 0 Å². The number of nitro groups is 1. The average molecular weight is 220 g/mol. The summed E-state index contributed by atoms with van der Waals surface area (Å²) in [5.41, 5.74) is 0.565. The summed E-state index contributed by atoms with van der Waals surface area (Å²) in [7, 11) is 0. The molecule has 1 rings (SSSR count). The molecule has 0 saturated heterocycles. The van der Waals surface area contributed by atoms with Crippen LogP contribution < -0.4 is 0 Å². The Balaban J connectivity index is 3.37. The van der Waals surface area contributed by atoms with Gasteiger partial charge in [0.15, 0.2) is 0 Å². The van der Waals surface area contributed by atoms with Crippen molar-refractivity contribution in [1.82, 2.24) is 0 Å². The number of non-ortho nitro benzene ring substituents is 1. The van der Waals surface area contributed by atoms with Crippen LogP contribution in [0, 0.1) is 28.4 Å². The molecule has 0 aromatic heterocycles. The monoisotopic (exact) mass is 220 g/mol. The van der Waals surface area contributed by atoms with Crippen molar-refractivity contribution in [2.75, 3.05) is 0 Å². The van der Waals surface area contributed by atoms with Crippen LogP contribution in [0.4, 0.5) is 5.69 Å². The number of benzene rings is 1. The lowest BCUT2D eigenvalue weighted by molar-refractivity contribution is -0.385. The Bertz CT molecular complexity index is 502. The van der Waals surface area contributed by atoms with E-state index in [4.69, 9.17) is 10.4 Å². The van der Waals surface area contributed by atoms with E-state index in [1.54, 1.807) is 0 Å². The van der Waals surface area contributed by atoms with Gasteiger partial charge in [-0.15, -0.1) is 0 Å². The number of carboxylic acids is 1. The predicted molar refractivity (Wildman–Crippen MR) is 53.9 cm³/mol. The van der Waals surface area contributed by atoms with Gasteiger partial charge < -0.3 is 5.11 Å². The van der Waals surface area contributed by atoms with Gasteiger partial charge >= 0.3 is 5.97 Å². The molecule has 0 amide bonds. The summed E-state index contributed by atoms with van der Waals surface area (Å²) in [6, 6.07) is 4.23. The lowest BCUT2D eigenvalue weighted by Gasteiger charge is -2.04. The molecule has 0 atom stereocenters. The second kappa shape index (κ2) is 4.40. The fourth-order valence-corrected chi connectivity index (χ4v) is 1.41. The summed E-state index contributed by atoms with van der Waals surface area (Å²) in [6.45, 7) is 1.54. The number of aliphatic carboxylic acids is 1. The van der Waals surface area contributed by atoms with Crippen molar-refractivity contribution < 1.29 is 14.8 Å². The number of carbonyl (C=O) groups is 1. The van der Waals surface area contributed by atoms with Gasteiger partial charge in [0.05, 0.1) is 23.0 Å². The third kappa shape index (κ3) is 2.33. The lowest BCUT2D eigenvalue weighted by Crippen LogP contribution is -2.04. The fourth-order valence-electron chi connectivity index (χ4n) is 1.41. The molecule has 0 bridgehead atoms. The van der Waals surface area contributed by atoms with E-state index in [2.05, 4.69) is 0 Å². The van der Waals surface area contributed by atoms with Crippen LogP contribution in [0.3, 0.4) is 0 Å². The number of aryl methyl sites for hydroxylation is 1. The zero-order valence-corrected chi connectivity index (χ0v) is 8.43. The second-order valence-electron chi connectivity index (χ2n) is 3.24. The lowest BCUT2D eigenvalue weighted by atomic mass is 9.99. The van der Waals surface area contributed by atoms with Gasteiger partial charge in [0, 0.05) is 12.1 Å². The maximum atomic E-state index is 10.6. The zero-order valence-electron chi connectivity index (χ0n) is 8.43. The van der Waals surface area contributed by atoms with Gasteiger partial charge in [-0.2, -0.15) is 5.26 Å². The molecule has 1 aromatic rings. The van der Waals surface area contributed by atoms with Crippen LogP contribution in [-0.2, 0) is 11.2 Å². The van der Waals surface area contributed by atoms with Crippen molar-refractivity contribution in [3.8, 4) is 6.07 Å². The topological polar surface area (TPSA) is 104 Å². The second-order valence-corrected chi connectivity index (χ2v) is 3.24. The number of hydrogen-bond donors (Lipinski definition) is 1. The molecular weight excluding hydrogens is 212 g/mol. The maximum Gasteiger partial charge on any atom is 0.307 e. The third-order valence-corrected chi connectivity index (χ3v) is 2.07. The molecule has 0 aliphatic rings. The molecule has 1 aromatic carbocycles. The molecule has 82 valence electrons. The molecule has 16 heavy (non-hydrogen) atoms. The first kappa shape index (κ1) is 11.7. The summed E-state index contributed by atoms with van der Waals surface area (Å²) in [5.74, 6) is -1.13. The van der Waals surface area contributed by atoms with Crippen LogP contribution in [0.5, 0.6) is 0 Å². The Morgan fingerprint density at radius 2 is 2.25 bits per heavy atom. The number of carboxylic acid groups (broad SMARTS) is 1. The van der Waals surface area contributed by atoms with E-state index in [-0.39, 0.29) is 16.8 Å². The Labute approximate surface area is 90.9 Å². The quantitative estimate of drug-likeness (QED) is 0.612. The van der Waals surface area contributed by atoms with E-state index in [9.17, 15) is 14.9 Å². The predicted octanol–water partition coefficient (Wildman–Crippen LogP) is 1.40.